The largest absolute Gasteiger partial charge is 0.393 e. The van der Waals surface area contributed by atoms with Crippen molar-refractivity contribution in [1.29, 1.82) is 0 Å². The minimum absolute atomic E-state index is 0.469. The van der Waals surface area contributed by atoms with Gasteiger partial charge in [-0.2, -0.15) is 0 Å². The fraction of sp³-hybridized carbons (Fsp3) is 0.615. The third-order valence-corrected chi connectivity index (χ3v) is 3.74. The van der Waals surface area contributed by atoms with Crippen LogP contribution in [0, 0.1) is 0 Å². The molecule has 2 rings (SSSR count). The third-order valence-electron chi connectivity index (χ3n) is 3.57. The summed E-state index contributed by atoms with van der Waals surface area (Å²) in [4.78, 5) is 13.9. The number of piperazine rings is 1. The molecule has 0 bridgehead atoms. The molecule has 1 unspecified atom stereocenters. The van der Waals surface area contributed by atoms with E-state index in [0.29, 0.717) is 11.0 Å². The Balaban J connectivity index is 1.89. The molecule has 1 aromatic heterocycles. The molecule has 1 aliphatic heterocycles. The molecule has 19 heavy (non-hydrogen) atoms. The summed E-state index contributed by atoms with van der Waals surface area (Å²) < 4.78 is 0. The van der Waals surface area contributed by atoms with E-state index in [1.807, 2.05) is 6.07 Å². The van der Waals surface area contributed by atoms with Crippen molar-refractivity contribution in [3.63, 3.8) is 0 Å². The summed E-state index contributed by atoms with van der Waals surface area (Å²) in [5, 5.41) is 0. The molecule has 0 aliphatic carbocycles. The van der Waals surface area contributed by atoms with Crippen molar-refractivity contribution >= 4 is 23.2 Å². The van der Waals surface area contributed by atoms with Crippen LogP contribution in [-0.4, -0.2) is 52.1 Å². The lowest BCUT2D eigenvalue weighted by Crippen LogP contribution is -2.51. The molecule has 1 saturated heterocycles. The van der Waals surface area contributed by atoms with Gasteiger partial charge in [-0.1, -0.05) is 19.1 Å². The first-order valence-electron chi connectivity index (χ1n) is 6.75. The molecule has 5 nitrogen and oxygen atoms in total. The molecule has 0 spiro atoms. The predicted octanol–water partition coefficient (Wildman–Crippen LogP) is 1.05. The maximum atomic E-state index is 5.67. The maximum Gasteiger partial charge on any atom is 0.225 e. The van der Waals surface area contributed by atoms with E-state index in [2.05, 4.69) is 26.7 Å². The van der Waals surface area contributed by atoms with E-state index in [-0.39, 0.29) is 0 Å². The first-order chi connectivity index (χ1) is 9.20. The SMILES string of the molecule is CCC(CC(N)=S)N1CCN(c2ncccn2)CC1. The highest BCUT2D eigenvalue weighted by Crippen LogP contribution is 2.15. The van der Waals surface area contributed by atoms with Gasteiger partial charge in [0.2, 0.25) is 5.95 Å². The molecular weight excluding hydrogens is 258 g/mol. The number of nitrogens with two attached hydrogens (primary N) is 1. The van der Waals surface area contributed by atoms with Crippen LogP contribution >= 0.6 is 12.2 Å². The van der Waals surface area contributed by atoms with Gasteiger partial charge < -0.3 is 10.6 Å². The zero-order chi connectivity index (χ0) is 13.7. The first kappa shape index (κ1) is 14.1. The van der Waals surface area contributed by atoms with Gasteiger partial charge in [-0.3, -0.25) is 4.90 Å². The monoisotopic (exact) mass is 279 g/mol. The zero-order valence-electron chi connectivity index (χ0n) is 11.3. The van der Waals surface area contributed by atoms with Crippen molar-refractivity contribution in [3.8, 4) is 0 Å². The summed E-state index contributed by atoms with van der Waals surface area (Å²) in [6.45, 7) is 6.13. The lowest BCUT2D eigenvalue weighted by atomic mass is 10.1. The average Bonchev–Trinajstić information content (AvgIpc) is 2.46. The second-order valence-corrected chi connectivity index (χ2v) is 5.33. The summed E-state index contributed by atoms with van der Waals surface area (Å²) >= 11 is 5.03. The van der Waals surface area contributed by atoms with Crippen LogP contribution in [0.2, 0.25) is 0 Å². The van der Waals surface area contributed by atoms with E-state index < -0.39 is 0 Å². The van der Waals surface area contributed by atoms with Crippen LogP contribution in [0.5, 0.6) is 0 Å². The number of anilines is 1. The van der Waals surface area contributed by atoms with Gasteiger partial charge in [0.1, 0.15) is 0 Å². The molecule has 1 aromatic rings. The van der Waals surface area contributed by atoms with Crippen LogP contribution in [0.3, 0.4) is 0 Å². The maximum absolute atomic E-state index is 5.67. The summed E-state index contributed by atoms with van der Waals surface area (Å²) in [5.41, 5.74) is 5.67. The quantitative estimate of drug-likeness (QED) is 0.813. The fourth-order valence-corrected chi connectivity index (χ4v) is 2.70. The van der Waals surface area contributed by atoms with E-state index in [1.165, 1.54) is 0 Å². The molecule has 2 N–H and O–H groups in total. The Hall–Kier alpha value is -1.27. The first-order valence-corrected chi connectivity index (χ1v) is 7.16. The minimum Gasteiger partial charge on any atom is -0.393 e. The lowest BCUT2D eigenvalue weighted by Gasteiger charge is -2.39. The molecule has 0 saturated carbocycles. The molecular formula is C13H21N5S. The van der Waals surface area contributed by atoms with Crippen LogP contribution in [0.1, 0.15) is 19.8 Å². The number of hydrogen-bond acceptors (Lipinski definition) is 5. The number of nitrogens with zero attached hydrogens (tertiary/aromatic N) is 4. The molecule has 1 aliphatic rings. The van der Waals surface area contributed by atoms with Crippen molar-refractivity contribution in [2.75, 3.05) is 31.1 Å². The highest BCUT2D eigenvalue weighted by Gasteiger charge is 2.24. The highest BCUT2D eigenvalue weighted by molar-refractivity contribution is 7.80. The van der Waals surface area contributed by atoms with Gasteiger partial charge in [0.25, 0.3) is 0 Å². The molecule has 0 radical (unpaired) electrons. The number of rotatable bonds is 5. The second-order valence-electron chi connectivity index (χ2n) is 4.80. The highest BCUT2D eigenvalue weighted by atomic mass is 32.1. The third kappa shape index (κ3) is 3.84. The fourth-order valence-electron chi connectivity index (χ4n) is 2.51. The standard InChI is InChI=1S/C13H21N5S/c1-2-11(10-12(14)19)17-6-8-18(9-7-17)13-15-4-3-5-16-13/h3-5,11H,2,6-10H2,1H3,(H2,14,19). The smallest absolute Gasteiger partial charge is 0.225 e. The van der Waals surface area contributed by atoms with E-state index in [0.717, 1.165) is 45.0 Å². The Kier molecular flexibility index (Phi) is 5.04. The zero-order valence-corrected chi connectivity index (χ0v) is 12.1. The van der Waals surface area contributed by atoms with Crippen LogP contribution in [0.4, 0.5) is 5.95 Å². The summed E-state index contributed by atoms with van der Waals surface area (Å²) in [6.07, 6.45) is 5.47. The van der Waals surface area contributed by atoms with E-state index in [1.54, 1.807) is 12.4 Å². The molecule has 2 heterocycles. The molecule has 6 heteroatoms. The summed E-state index contributed by atoms with van der Waals surface area (Å²) in [5.74, 6) is 0.824. The van der Waals surface area contributed by atoms with Gasteiger partial charge in [0.15, 0.2) is 0 Å². The van der Waals surface area contributed by atoms with Crippen LogP contribution in [0.25, 0.3) is 0 Å². The van der Waals surface area contributed by atoms with Gasteiger partial charge in [0, 0.05) is 51.0 Å². The van der Waals surface area contributed by atoms with Gasteiger partial charge in [-0.15, -0.1) is 0 Å². The Labute approximate surface area is 119 Å². The minimum atomic E-state index is 0.469. The molecule has 0 amide bonds. The van der Waals surface area contributed by atoms with Crippen molar-refractivity contribution in [1.82, 2.24) is 14.9 Å². The average molecular weight is 279 g/mol. The number of aromatic nitrogens is 2. The van der Waals surface area contributed by atoms with E-state index in [4.69, 9.17) is 18.0 Å². The Morgan fingerprint density at radius 2 is 1.95 bits per heavy atom. The Morgan fingerprint density at radius 1 is 1.32 bits per heavy atom. The van der Waals surface area contributed by atoms with Gasteiger partial charge >= 0.3 is 0 Å². The Morgan fingerprint density at radius 3 is 2.47 bits per heavy atom. The van der Waals surface area contributed by atoms with Crippen molar-refractivity contribution < 1.29 is 0 Å². The second kappa shape index (κ2) is 6.77. The van der Waals surface area contributed by atoms with Gasteiger partial charge in [-0.25, -0.2) is 9.97 Å². The number of hydrogen-bond donors (Lipinski definition) is 1. The van der Waals surface area contributed by atoms with E-state index in [9.17, 15) is 0 Å². The van der Waals surface area contributed by atoms with Crippen molar-refractivity contribution in [2.24, 2.45) is 5.73 Å². The van der Waals surface area contributed by atoms with Crippen LogP contribution < -0.4 is 10.6 Å². The molecule has 104 valence electrons. The van der Waals surface area contributed by atoms with Crippen LogP contribution in [0.15, 0.2) is 18.5 Å². The molecule has 1 fully saturated rings. The Bertz CT molecular complexity index is 403. The molecule has 0 aromatic carbocycles. The topological polar surface area (TPSA) is 58.3 Å². The van der Waals surface area contributed by atoms with Gasteiger partial charge in [-0.05, 0) is 12.5 Å². The molecule has 1 atom stereocenters. The van der Waals surface area contributed by atoms with Crippen molar-refractivity contribution in [2.45, 2.75) is 25.8 Å². The summed E-state index contributed by atoms with van der Waals surface area (Å²) in [7, 11) is 0. The van der Waals surface area contributed by atoms with E-state index >= 15 is 0 Å². The summed E-state index contributed by atoms with van der Waals surface area (Å²) in [6, 6.07) is 2.31. The predicted molar refractivity (Wildman–Crippen MR) is 81.3 cm³/mol. The van der Waals surface area contributed by atoms with Crippen molar-refractivity contribution in [3.05, 3.63) is 18.5 Å². The lowest BCUT2D eigenvalue weighted by molar-refractivity contribution is 0.183. The van der Waals surface area contributed by atoms with Gasteiger partial charge in [0.05, 0.1) is 4.99 Å². The number of thiocarbonyl (C=S) groups is 1. The van der Waals surface area contributed by atoms with Crippen LogP contribution in [-0.2, 0) is 0 Å². The normalized spacial score (nSPS) is 18.3.